The maximum absolute atomic E-state index is 11.2. The molecule has 0 bridgehead atoms. The number of aromatic carboxylic acids is 1. The summed E-state index contributed by atoms with van der Waals surface area (Å²) in [7, 11) is 1.88. The molecule has 0 saturated carbocycles. The summed E-state index contributed by atoms with van der Waals surface area (Å²) in [5.41, 5.74) is 0.148. The number of aromatic nitrogens is 2. The van der Waals surface area contributed by atoms with Crippen molar-refractivity contribution in [2.24, 2.45) is 0 Å². The van der Waals surface area contributed by atoms with Crippen molar-refractivity contribution in [1.29, 1.82) is 0 Å². The lowest BCUT2D eigenvalue weighted by molar-refractivity contribution is 0.0695. The van der Waals surface area contributed by atoms with Gasteiger partial charge in [0.2, 0.25) is 0 Å². The van der Waals surface area contributed by atoms with Crippen molar-refractivity contribution in [2.45, 2.75) is 25.8 Å². The average molecular weight is 251 g/mol. The predicted molar refractivity (Wildman–Crippen MR) is 66.0 cm³/mol. The van der Waals surface area contributed by atoms with E-state index in [0.717, 1.165) is 12.8 Å². The van der Waals surface area contributed by atoms with Crippen LogP contribution in [0.25, 0.3) is 0 Å². The van der Waals surface area contributed by atoms with Gasteiger partial charge in [0, 0.05) is 32.5 Å². The van der Waals surface area contributed by atoms with E-state index in [2.05, 4.69) is 9.97 Å². The number of carboxylic acids is 1. The standard InChI is InChI=1S/C12H17N3O3/c1-8-13-7-10(12(16)17)11(14-8)15(2)9-3-5-18-6-4-9/h7,9H,3-6H2,1-2H3,(H,16,17). The molecule has 98 valence electrons. The van der Waals surface area contributed by atoms with Crippen molar-refractivity contribution in [3.8, 4) is 0 Å². The molecule has 6 heteroatoms. The van der Waals surface area contributed by atoms with Crippen molar-refractivity contribution in [3.05, 3.63) is 17.6 Å². The number of aryl methyl sites for hydroxylation is 1. The molecule has 1 fully saturated rings. The molecule has 1 aromatic rings. The highest BCUT2D eigenvalue weighted by Gasteiger charge is 2.24. The first-order chi connectivity index (χ1) is 8.59. The van der Waals surface area contributed by atoms with E-state index in [9.17, 15) is 9.90 Å². The van der Waals surface area contributed by atoms with E-state index in [-0.39, 0.29) is 11.6 Å². The van der Waals surface area contributed by atoms with E-state index >= 15 is 0 Å². The van der Waals surface area contributed by atoms with Gasteiger partial charge in [-0.05, 0) is 19.8 Å². The zero-order chi connectivity index (χ0) is 13.1. The highest BCUT2D eigenvalue weighted by Crippen LogP contribution is 2.22. The Hall–Kier alpha value is -1.69. The lowest BCUT2D eigenvalue weighted by atomic mass is 10.1. The van der Waals surface area contributed by atoms with Crippen LogP contribution in [0.3, 0.4) is 0 Å². The molecule has 18 heavy (non-hydrogen) atoms. The summed E-state index contributed by atoms with van der Waals surface area (Å²) in [5, 5.41) is 9.17. The molecule has 0 aliphatic carbocycles. The summed E-state index contributed by atoms with van der Waals surface area (Å²) in [6, 6.07) is 0.270. The van der Waals surface area contributed by atoms with Crippen LogP contribution in [0.4, 0.5) is 5.82 Å². The molecule has 1 saturated heterocycles. The number of rotatable bonds is 3. The third-order valence-electron chi connectivity index (χ3n) is 3.19. The van der Waals surface area contributed by atoms with Gasteiger partial charge in [-0.25, -0.2) is 14.8 Å². The maximum Gasteiger partial charge on any atom is 0.341 e. The minimum Gasteiger partial charge on any atom is -0.477 e. The number of carboxylic acid groups (broad SMARTS) is 1. The summed E-state index contributed by atoms with van der Waals surface area (Å²) in [6.07, 6.45) is 3.15. The zero-order valence-corrected chi connectivity index (χ0v) is 10.6. The van der Waals surface area contributed by atoms with Crippen LogP contribution in [-0.2, 0) is 4.74 Å². The summed E-state index contributed by atoms with van der Waals surface area (Å²) in [4.78, 5) is 21.3. The van der Waals surface area contributed by atoms with Gasteiger partial charge in [-0.15, -0.1) is 0 Å². The first-order valence-corrected chi connectivity index (χ1v) is 5.97. The van der Waals surface area contributed by atoms with Gasteiger partial charge in [0.15, 0.2) is 0 Å². The molecular formula is C12H17N3O3. The molecule has 6 nitrogen and oxygen atoms in total. The second-order valence-electron chi connectivity index (χ2n) is 4.41. The number of hydrogen-bond acceptors (Lipinski definition) is 5. The lowest BCUT2D eigenvalue weighted by Crippen LogP contribution is -2.38. The summed E-state index contributed by atoms with van der Waals surface area (Å²) in [5.74, 6) is 0.0692. The van der Waals surface area contributed by atoms with E-state index in [1.54, 1.807) is 6.92 Å². The highest BCUT2D eigenvalue weighted by atomic mass is 16.5. The largest absolute Gasteiger partial charge is 0.477 e. The molecule has 2 rings (SSSR count). The summed E-state index contributed by atoms with van der Waals surface area (Å²) >= 11 is 0. The Kier molecular flexibility index (Phi) is 3.76. The molecule has 0 unspecified atom stereocenters. The second kappa shape index (κ2) is 5.30. The fourth-order valence-corrected chi connectivity index (χ4v) is 2.12. The van der Waals surface area contributed by atoms with Gasteiger partial charge in [-0.2, -0.15) is 0 Å². The van der Waals surface area contributed by atoms with Crippen LogP contribution in [0.5, 0.6) is 0 Å². The minimum atomic E-state index is -0.996. The molecule has 0 aromatic carbocycles. The summed E-state index contributed by atoms with van der Waals surface area (Å²) < 4.78 is 5.31. The first kappa shape index (κ1) is 12.8. The van der Waals surface area contributed by atoms with Crippen molar-refractivity contribution in [2.75, 3.05) is 25.2 Å². The number of ether oxygens (including phenoxy) is 1. The molecule has 0 radical (unpaired) electrons. The average Bonchev–Trinajstić information content (AvgIpc) is 2.38. The van der Waals surface area contributed by atoms with Gasteiger partial charge in [0.25, 0.3) is 0 Å². The third kappa shape index (κ3) is 2.59. The Morgan fingerprint density at radius 2 is 2.17 bits per heavy atom. The lowest BCUT2D eigenvalue weighted by Gasteiger charge is -2.32. The highest BCUT2D eigenvalue weighted by molar-refractivity contribution is 5.92. The van der Waals surface area contributed by atoms with E-state index in [1.807, 2.05) is 11.9 Å². The molecule has 1 aliphatic heterocycles. The molecule has 0 spiro atoms. The van der Waals surface area contributed by atoms with Gasteiger partial charge in [-0.1, -0.05) is 0 Å². The number of anilines is 1. The van der Waals surface area contributed by atoms with Crippen LogP contribution in [0.15, 0.2) is 6.20 Å². The number of hydrogen-bond donors (Lipinski definition) is 1. The van der Waals surface area contributed by atoms with Gasteiger partial charge in [0.1, 0.15) is 17.2 Å². The third-order valence-corrected chi connectivity index (χ3v) is 3.19. The molecule has 1 aliphatic rings. The molecule has 1 aromatic heterocycles. The van der Waals surface area contributed by atoms with Crippen LogP contribution in [-0.4, -0.2) is 47.3 Å². The molecule has 2 heterocycles. The van der Waals surface area contributed by atoms with Crippen molar-refractivity contribution in [1.82, 2.24) is 9.97 Å². The zero-order valence-electron chi connectivity index (χ0n) is 10.6. The Bertz CT molecular complexity index is 444. The Balaban J connectivity index is 2.30. The summed E-state index contributed by atoms with van der Waals surface area (Å²) in [6.45, 7) is 3.18. The Morgan fingerprint density at radius 1 is 1.50 bits per heavy atom. The first-order valence-electron chi connectivity index (χ1n) is 5.97. The van der Waals surface area contributed by atoms with Crippen LogP contribution in [0.1, 0.15) is 29.0 Å². The van der Waals surface area contributed by atoms with E-state index in [1.165, 1.54) is 6.20 Å². The van der Waals surface area contributed by atoms with E-state index < -0.39 is 5.97 Å². The van der Waals surface area contributed by atoms with Crippen molar-refractivity contribution in [3.63, 3.8) is 0 Å². The fraction of sp³-hybridized carbons (Fsp3) is 0.583. The van der Waals surface area contributed by atoms with Crippen LogP contribution in [0, 0.1) is 6.92 Å². The fourth-order valence-electron chi connectivity index (χ4n) is 2.12. The van der Waals surface area contributed by atoms with E-state index in [4.69, 9.17) is 4.74 Å². The van der Waals surface area contributed by atoms with Gasteiger partial charge >= 0.3 is 5.97 Å². The number of nitrogens with zero attached hydrogens (tertiary/aromatic N) is 3. The van der Waals surface area contributed by atoms with Gasteiger partial charge in [0.05, 0.1) is 0 Å². The molecule has 0 amide bonds. The minimum absolute atomic E-state index is 0.148. The quantitative estimate of drug-likeness (QED) is 0.867. The number of carbonyl (C=O) groups is 1. The second-order valence-corrected chi connectivity index (χ2v) is 4.41. The SMILES string of the molecule is Cc1ncc(C(=O)O)c(N(C)C2CCOCC2)n1. The maximum atomic E-state index is 11.2. The predicted octanol–water partition coefficient (Wildman–Crippen LogP) is 1.10. The normalized spacial score (nSPS) is 16.6. The smallest absolute Gasteiger partial charge is 0.341 e. The molecule has 1 N–H and O–H groups in total. The van der Waals surface area contributed by atoms with Crippen molar-refractivity contribution < 1.29 is 14.6 Å². The molecular weight excluding hydrogens is 234 g/mol. The topological polar surface area (TPSA) is 75.5 Å². The Labute approximate surface area is 106 Å². The Morgan fingerprint density at radius 3 is 2.78 bits per heavy atom. The van der Waals surface area contributed by atoms with Crippen LogP contribution < -0.4 is 4.90 Å². The van der Waals surface area contributed by atoms with Crippen LogP contribution >= 0.6 is 0 Å². The van der Waals surface area contributed by atoms with Gasteiger partial charge < -0.3 is 14.7 Å². The van der Waals surface area contributed by atoms with Gasteiger partial charge in [-0.3, -0.25) is 0 Å². The molecule has 0 atom stereocenters. The van der Waals surface area contributed by atoms with Crippen molar-refractivity contribution >= 4 is 11.8 Å². The monoisotopic (exact) mass is 251 g/mol. The van der Waals surface area contributed by atoms with Crippen LogP contribution in [0.2, 0.25) is 0 Å². The van der Waals surface area contributed by atoms with E-state index in [0.29, 0.717) is 24.9 Å².